The van der Waals surface area contributed by atoms with Crippen LogP contribution in [0.4, 0.5) is 0 Å². The topological polar surface area (TPSA) is 35.5 Å². The van der Waals surface area contributed by atoms with Crippen molar-refractivity contribution in [2.45, 2.75) is 57.8 Å². The molecule has 0 aromatic heterocycles. The van der Waals surface area contributed by atoms with Crippen molar-refractivity contribution in [2.75, 3.05) is 14.2 Å². The summed E-state index contributed by atoms with van der Waals surface area (Å²) >= 11 is 0. The number of allylic oxidation sites excluding steroid dienone is 1. The van der Waals surface area contributed by atoms with Gasteiger partial charge in [-0.3, -0.25) is 0 Å². The Labute approximate surface area is 139 Å². The second-order valence-corrected chi connectivity index (χ2v) is 6.71. The smallest absolute Gasteiger partial charge is 0.161 e. The molecule has 0 aliphatic heterocycles. The van der Waals surface area contributed by atoms with Crippen molar-refractivity contribution >= 4 is 5.78 Å². The van der Waals surface area contributed by atoms with Gasteiger partial charge in [0, 0.05) is 6.42 Å². The number of ketones is 1. The molecule has 0 spiro atoms. The zero-order valence-electron chi connectivity index (χ0n) is 14.8. The van der Waals surface area contributed by atoms with Crippen molar-refractivity contribution in [2.24, 2.45) is 0 Å². The van der Waals surface area contributed by atoms with Gasteiger partial charge in [0.15, 0.2) is 11.5 Å². The Balaban J connectivity index is 2.41. The van der Waals surface area contributed by atoms with Gasteiger partial charge < -0.3 is 14.3 Å². The van der Waals surface area contributed by atoms with Crippen molar-refractivity contribution in [3.05, 3.63) is 35.4 Å². The first kappa shape index (κ1) is 17.6. The summed E-state index contributed by atoms with van der Waals surface area (Å²) < 4.78 is 11.0. The Kier molecular flexibility index (Phi) is 5.86. The van der Waals surface area contributed by atoms with Crippen LogP contribution in [0.25, 0.3) is 0 Å². The summed E-state index contributed by atoms with van der Waals surface area (Å²) in [5, 5.41) is 0. The molecule has 1 aliphatic carbocycles. The maximum atomic E-state index is 11.4. The molecule has 3 heteroatoms. The number of fused-ring (bicyclic) bond motifs is 1. The molecule has 0 fully saturated rings. The normalized spacial score (nSPS) is 19.8. The van der Waals surface area contributed by atoms with Gasteiger partial charge in [-0.2, -0.15) is 0 Å². The predicted octanol–water partition coefficient (Wildman–Crippen LogP) is 5.00. The van der Waals surface area contributed by atoms with Crippen LogP contribution in [-0.2, 0) is 4.79 Å². The van der Waals surface area contributed by atoms with E-state index >= 15 is 0 Å². The lowest BCUT2D eigenvalue weighted by molar-refractivity contribution is -0.117. The predicted molar refractivity (Wildman–Crippen MR) is 93.6 cm³/mol. The number of carbonyl (C=O) groups is 1. The van der Waals surface area contributed by atoms with Crippen LogP contribution in [-0.4, -0.2) is 20.0 Å². The van der Waals surface area contributed by atoms with E-state index in [2.05, 4.69) is 25.6 Å². The highest BCUT2D eigenvalue weighted by molar-refractivity contribution is 5.75. The molecule has 3 nitrogen and oxygen atoms in total. The molecule has 23 heavy (non-hydrogen) atoms. The fraction of sp³-hybridized carbons (Fsp3) is 0.550. The number of Topliss-reactive ketones (excluding diaryl/α,β-unsaturated/α-hetero) is 1. The summed E-state index contributed by atoms with van der Waals surface area (Å²) in [5.74, 6) is 2.72. The molecule has 0 N–H and O–H groups in total. The molecule has 0 saturated carbocycles. The molecule has 126 valence electrons. The minimum absolute atomic E-state index is 0.260. The van der Waals surface area contributed by atoms with E-state index in [1.807, 2.05) is 0 Å². The zero-order chi connectivity index (χ0) is 17.0. The third kappa shape index (κ3) is 4.15. The molecule has 2 atom stereocenters. The van der Waals surface area contributed by atoms with Crippen molar-refractivity contribution in [3.8, 4) is 11.5 Å². The van der Waals surface area contributed by atoms with Crippen molar-refractivity contribution in [1.82, 2.24) is 0 Å². The van der Waals surface area contributed by atoms with Gasteiger partial charge in [0.2, 0.25) is 0 Å². The maximum Gasteiger partial charge on any atom is 0.161 e. The molecule has 1 aliphatic rings. The van der Waals surface area contributed by atoms with Gasteiger partial charge in [0.05, 0.1) is 14.2 Å². The molecule has 1 aromatic carbocycles. The number of benzene rings is 1. The van der Waals surface area contributed by atoms with E-state index in [1.54, 1.807) is 21.1 Å². The SMILES string of the molecule is C=C(C)C[C@H]1CC[C@@H](CCC(C)=O)c2cc(OC)c(OC)cc21. The summed E-state index contributed by atoms with van der Waals surface area (Å²) in [4.78, 5) is 11.4. The minimum atomic E-state index is 0.260. The van der Waals surface area contributed by atoms with Gasteiger partial charge in [-0.25, -0.2) is 0 Å². The van der Waals surface area contributed by atoms with Crippen molar-refractivity contribution < 1.29 is 14.3 Å². The lowest BCUT2D eigenvalue weighted by Crippen LogP contribution is -2.16. The summed E-state index contributed by atoms with van der Waals surface area (Å²) in [6.45, 7) is 7.83. The summed E-state index contributed by atoms with van der Waals surface area (Å²) in [7, 11) is 3.34. The quantitative estimate of drug-likeness (QED) is 0.664. The van der Waals surface area contributed by atoms with Gasteiger partial charge in [0.1, 0.15) is 5.78 Å². The Morgan fingerprint density at radius 2 is 1.61 bits per heavy atom. The largest absolute Gasteiger partial charge is 0.493 e. The Morgan fingerprint density at radius 1 is 1.09 bits per heavy atom. The van der Waals surface area contributed by atoms with Crippen LogP contribution in [0, 0.1) is 0 Å². The number of ether oxygens (including phenoxy) is 2. The monoisotopic (exact) mass is 316 g/mol. The molecule has 0 saturated heterocycles. The maximum absolute atomic E-state index is 11.4. The Hall–Kier alpha value is -1.77. The van der Waals surface area contributed by atoms with Crippen LogP contribution < -0.4 is 9.47 Å². The highest BCUT2D eigenvalue weighted by atomic mass is 16.5. The molecule has 1 aromatic rings. The summed E-state index contributed by atoms with van der Waals surface area (Å²) in [5.41, 5.74) is 3.87. The highest BCUT2D eigenvalue weighted by Crippen LogP contribution is 2.47. The van der Waals surface area contributed by atoms with Crippen LogP contribution in [0.3, 0.4) is 0 Å². The number of methoxy groups -OCH3 is 2. The number of carbonyl (C=O) groups excluding carboxylic acids is 1. The Bertz CT molecular complexity index is 589. The fourth-order valence-corrected chi connectivity index (χ4v) is 3.64. The van der Waals surface area contributed by atoms with Gasteiger partial charge >= 0.3 is 0 Å². The molecular formula is C20H28O3. The van der Waals surface area contributed by atoms with Gasteiger partial charge in [-0.15, -0.1) is 6.58 Å². The Morgan fingerprint density at radius 3 is 2.09 bits per heavy atom. The lowest BCUT2D eigenvalue weighted by Gasteiger charge is -2.32. The first-order chi connectivity index (χ1) is 11.0. The van der Waals surface area contributed by atoms with Gasteiger partial charge in [-0.1, -0.05) is 5.57 Å². The molecule has 0 unspecified atom stereocenters. The van der Waals surface area contributed by atoms with Gasteiger partial charge in [0.25, 0.3) is 0 Å². The van der Waals surface area contributed by atoms with Gasteiger partial charge in [-0.05, 0) is 74.6 Å². The molecule has 0 bridgehead atoms. The third-order valence-electron chi connectivity index (χ3n) is 4.77. The summed E-state index contributed by atoms with van der Waals surface area (Å²) in [6.07, 6.45) is 4.81. The highest BCUT2D eigenvalue weighted by Gasteiger charge is 2.29. The zero-order valence-corrected chi connectivity index (χ0v) is 14.8. The van der Waals surface area contributed by atoms with Crippen molar-refractivity contribution in [1.29, 1.82) is 0 Å². The minimum Gasteiger partial charge on any atom is -0.493 e. The van der Waals surface area contributed by atoms with E-state index in [1.165, 1.54) is 16.7 Å². The summed E-state index contributed by atoms with van der Waals surface area (Å²) in [6, 6.07) is 4.24. The number of rotatable bonds is 7. The van der Waals surface area contributed by atoms with Crippen LogP contribution >= 0.6 is 0 Å². The molecule has 0 radical (unpaired) electrons. The molecule has 0 heterocycles. The van der Waals surface area contributed by atoms with Crippen LogP contribution in [0.1, 0.15) is 68.9 Å². The van der Waals surface area contributed by atoms with E-state index in [0.717, 1.165) is 37.2 Å². The van der Waals surface area contributed by atoms with E-state index in [-0.39, 0.29) is 5.78 Å². The molecule has 2 rings (SSSR count). The van der Waals surface area contributed by atoms with Crippen LogP contribution in [0.5, 0.6) is 11.5 Å². The first-order valence-electron chi connectivity index (χ1n) is 8.35. The standard InChI is InChI=1S/C20H28O3/c1-13(2)10-16-9-8-15(7-6-14(3)21)17-11-19(22-4)20(23-5)12-18(16)17/h11-12,15-16H,1,6-10H2,2-5H3/t15-,16-/m1/s1. The second kappa shape index (κ2) is 7.67. The van der Waals surface area contributed by atoms with E-state index < -0.39 is 0 Å². The average Bonchev–Trinajstić information content (AvgIpc) is 2.52. The fourth-order valence-electron chi connectivity index (χ4n) is 3.64. The molecular weight excluding hydrogens is 288 g/mol. The van der Waals surface area contributed by atoms with Crippen molar-refractivity contribution in [3.63, 3.8) is 0 Å². The molecule has 0 amide bonds. The van der Waals surface area contributed by atoms with E-state index in [0.29, 0.717) is 18.3 Å². The van der Waals surface area contributed by atoms with E-state index in [9.17, 15) is 4.79 Å². The first-order valence-corrected chi connectivity index (χ1v) is 8.35. The number of hydrogen-bond donors (Lipinski definition) is 0. The average molecular weight is 316 g/mol. The number of hydrogen-bond acceptors (Lipinski definition) is 3. The lowest BCUT2D eigenvalue weighted by atomic mass is 9.73. The van der Waals surface area contributed by atoms with E-state index in [4.69, 9.17) is 9.47 Å². The van der Waals surface area contributed by atoms with Crippen LogP contribution in [0.2, 0.25) is 0 Å². The van der Waals surface area contributed by atoms with Crippen LogP contribution in [0.15, 0.2) is 24.3 Å². The third-order valence-corrected chi connectivity index (χ3v) is 4.77. The second-order valence-electron chi connectivity index (χ2n) is 6.71.